The number of ether oxygens (including phenoxy) is 1. The first-order valence-corrected chi connectivity index (χ1v) is 7.41. The SMILES string of the molecule is COC1CCN(Cc2cccc(CNC(C)(C)C)n2)C1. The van der Waals surface area contributed by atoms with Gasteiger partial charge in [-0.2, -0.15) is 0 Å². The van der Waals surface area contributed by atoms with E-state index in [-0.39, 0.29) is 5.54 Å². The first-order chi connectivity index (χ1) is 9.46. The van der Waals surface area contributed by atoms with Crippen molar-refractivity contribution in [1.29, 1.82) is 0 Å². The van der Waals surface area contributed by atoms with Crippen LogP contribution >= 0.6 is 0 Å². The summed E-state index contributed by atoms with van der Waals surface area (Å²) in [7, 11) is 1.80. The van der Waals surface area contributed by atoms with E-state index in [1.165, 1.54) is 0 Å². The molecule has 1 aliphatic heterocycles. The Kier molecular flexibility index (Phi) is 5.13. The van der Waals surface area contributed by atoms with Crippen LogP contribution in [0, 0.1) is 0 Å². The molecule has 1 atom stereocenters. The summed E-state index contributed by atoms with van der Waals surface area (Å²) in [6.45, 7) is 10.4. The van der Waals surface area contributed by atoms with Crippen LogP contribution < -0.4 is 5.32 Å². The zero-order chi connectivity index (χ0) is 14.6. The average molecular weight is 277 g/mol. The molecule has 0 bridgehead atoms. The van der Waals surface area contributed by atoms with Crippen LogP contribution in [0.1, 0.15) is 38.6 Å². The van der Waals surface area contributed by atoms with Crippen molar-refractivity contribution in [1.82, 2.24) is 15.2 Å². The molecule has 1 aromatic heterocycles. The van der Waals surface area contributed by atoms with E-state index in [9.17, 15) is 0 Å². The summed E-state index contributed by atoms with van der Waals surface area (Å²) in [5.41, 5.74) is 2.38. The second kappa shape index (κ2) is 6.66. The minimum absolute atomic E-state index is 0.123. The van der Waals surface area contributed by atoms with Gasteiger partial charge >= 0.3 is 0 Å². The Labute approximate surface area is 122 Å². The molecule has 112 valence electrons. The molecule has 0 aliphatic carbocycles. The molecule has 2 heterocycles. The predicted molar refractivity (Wildman–Crippen MR) is 81.5 cm³/mol. The molecule has 20 heavy (non-hydrogen) atoms. The Morgan fingerprint density at radius 3 is 2.75 bits per heavy atom. The lowest BCUT2D eigenvalue weighted by Gasteiger charge is -2.20. The van der Waals surface area contributed by atoms with E-state index in [1.54, 1.807) is 7.11 Å². The number of rotatable bonds is 5. The Morgan fingerprint density at radius 2 is 2.10 bits per heavy atom. The van der Waals surface area contributed by atoms with Gasteiger partial charge in [0.1, 0.15) is 0 Å². The lowest BCUT2D eigenvalue weighted by atomic mass is 10.1. The first kappa shape index (κ1) is 15.4. The molecule has 2 rings (SSSR count). The third kappa shape index (κ3) is 4.85. The minimum atomic E-state index is 0.123. The molecule has 0 radical (unpaired) electrons. The third-order valence-corrected chi connectivity index (χ3v) is 3.61. The summed E-state index contributed by atoms with van der Waals surface area (Å²) in [6.07, 6.45) is 1.52. The summed E-state index contributed by atoms with van der Waals surface area (Å²) in [4.78, 5) is 7.16. The number of aromatic nitrogens is 1. The van der Waals surface area contributed by atoms with Gasteiger partial charge in [-0.25, -0.2) is 0 Å². The molecular formula is C16H27N3O. The van der Waals surface area contributed by atoms with Crippen LogP contribution in [-0.4, -0.2) is 41.7 Å². The van der Waals surface area contributed by atoms with Crippen molar-refractivity contribution in [2.45, 2.75) is 51.9 Å². The average Bonchev–Trinajstić information content (AvgIpc) is 2.84. The molecule has 0 spiro atoms. The summed E-state index contributed by atoms with van der Waals surface area (Å²) in [5.74, 6) is 0. The van der Waals surface area contributed by atoms with Crippen molar-refractivity contribution in [2.75, 3.05) is 20.2 Å². The molecule has 0 saturated carbocycles. The van der Waals surface area contributed by atoms with Crippen LogP contribution in [0.2, 0.25) is 0 Å². The molecule has 1 saturated heterocycles. The van der Waals surface area contributed by atoms with E-state index < -0.39 is 0 Å². The number of methoxy groups -OCH3 is 1. The maximum atomic E-state index is 5.41. The zero-order valence-corrected chi connectivity index (χ0v) is 13.1. The van der Waals surface area contributed by atoms with Gasteiger partial charge in [0.05, 0.1) is 17.5 Å². The van der Waals surface area contributed by atoms with Crippen LogP contribution in [0.15, 0.2) is 18.2 Å². The molecule has 1 aromatic rings. The van der Waals surface area contributed by atoms with Crippen molar-refractivity contribution in [2.24, 2.45) is 0 Å². The van der Waals surface area contributed by atoms with Gasteiger partial charge in [-0.15, -0.1) is 0 Å². The Hall–Kier alpha value is -0.970. The molecule has 0 amide bonds. The van der Waals surface area contributed by atoms with Crippen LogP contribution in [0.5, 0.6) is 0 Å². The number of hydrogen-bond donors (Lipinski definition) is 1. The fraction of sp³-hybridized carbons (Fsp3) is 0.688. The number of hydrogen-bond acceptors (Lipinski definition) is 4. The van der Waals surface area contributed by atoms with E-state index >= 15 is 0 Å². The van der Waals surface area contributed by atoms with Crippen molar-refractivity contribution in [3.05, 3.63) is 29.6 Å². The first-order valence-electron chi connectivity index (χ1n) is 7.41. The Balaban J connectivity index is 1.89. The van der Waals surface area contributed by atoms with Crippen LogP contribution in [0.4, 0.5) is 0 Å². The van der Waals surface area contributed by atoms with Crippen LogP contribution in [0.25, 0.3) is 0 Å². The molecule has 1 fully saturated rings. The fourth-order valence-corrected chi connectivity index (χ4v) is 2.43. The maximum Gasteiger partial charge on any atom is 0.0710 e. The monoisotopic (exact) mass is 277 g/mol. The van der Waals surface area contributed by atoms with E-state index in [1.807, 2.05) is 0 Å². The van der Waals surface area contributed by atoms with E-state index in [0.29, 0.717) is 6.10 Å². The molecule has 1 N–H and O–H groups in total. The van der Waals surface area contributed by atoms with Crippen molar-refractivity contribution < 1.29 is 4.74 Å². The summed E-state index contributed by atoms with van der Waals surface area (Å²) in [5, 5.41) is 3.48. The number of nitrogens with zero attached hydrogens (tertiary/aromatic N) is 2. The highest BCUT2D eigenvalue weighted by Gasteiger charge is 2.22. The highest BCUT2D eigenvalue weighted by Crippen LogP contribution is 2.14. The molecule has 4 nitrogen and oxygen atoms in total. The van der Waals surface area contributed by atoms with Crippen molar-refractivity contribution in [3.8, 4) is 0 Å². The normalized spacial score (nSPS) is 20.5. The number of likely N-dealkylation sites (tertiary alicyclic amines) is 1. The van der Waals surface area contributed by atoms with E-state index in [0.717, 1.165) is 44.0 Å². The topological polar surface area (TPSA) is 37.4 Å². The van der Waals surface area contributed by atoms with Gasteiger partial charge in [0.2, 0.25) is 0 Å². The lowest BCUT2D eigenvalue weighted by Crippen LogP contribution is -2.35. The minimum Gasteiger partial charge on any atom is -0.380 e. The quantitative estimate of drug-likeness (QED) is 0.895. The number of pyridine rings is 1. The summed E-state index contributed by atoms with van der Waals surface area (Å²) in [6, 6.07) is 6.30. The Morgan fingerprint density at radius 1 is 1.35 bits per heavy atom. The molecule has 1 aliphatic rings. The van der Waals surface area contributed by atoms with Crippen LogP contribution in [-0.2, 0) is 17.8 Å². The Bertz CT molecular complexity index is 428. The van der Waals surface area contributed by atoms with Gasteiger partial charge in [0, 0.05) is 38.8 Å². The fourth-order valence-electron chi connectivity index (χ4n) is 2.43. The van der Waals surface area contributed by atoms with Gasteiger partial charge < -0.3 is 10.1 Å². The second-order valence-electron chi connectivity index (χ2n) is 6.61. The number of nitrogens with one attached hydrogen (secondary N) is 1. The largest absolute Gasteiger partial charge is 0.380 e. The highest BCUT2D eigenvalue weighted by molar-refractivity contribution is 5.11. The maximum absolute atomic E-state index is 5.41. The van der Waals surface area contributed by atoms with Gasteiger partial charge in [-0.05, 0) is 39.3 Å². The molecule has 1 unspecified atom stereocenters. The lowest BCUT2D eigenvalue weighted by molar-refractivity contribution is 0.107. The summed E-state index contributed by atoms with van der Waals surface area (Å²) >= 11 is 0. The molecule has 4 heteroatoms. The summed E-state index contributed by atoms with van der Waals surface area (Å²) < 4.78 is 5.41. The van der Waals surface area contributed by atoms with Gasteiger partial charge in [-0.1, -0.05) is 6.07 Å². The molecular weight excluding hydrogens is 250 g/mol. The van der Waals surface area contributed by atoms with E-state index in [2.05, 4.69) is 49.2 Å². The van der Waals surface area contributed by atoms with Crippen LogP contribution in [0.3, 0.4) is 0 Å². The zero-order valence-electron chi connectivity index (χ0n) is 13.1. The smallest absolute Gasteiger partial charge is 0.0710 e. The van der Waals surface area contributed by atoms with E-state index in [4.69, 9.17) is 9.72 Å². The molecule has 0 aromatic carbocycles. The van der Waals surface area contributed by atoms with Gasteiger partial charge in [-0.3, -0.25) is 9.88 Å². The van der Waals surface area contributed by atoms with Crippen molar-refractivity contribution in [3.63, 3.8) is 0 Å². The third-order valence-electron chi connectivity index (χ3n) is 3.61. The highest BCUT2D eigenvalue weighted by atomic mass is 16.5. The van der Waals surface area contributed by atoms with Gasteiger partial charge in [0.15, 0.2) is 0 Å². The standard InChI is InChI=1S/C16H27N3O/c1-16(2,3)17-10-13-6-5-7-14(18-13)11-19-9-8-15(12-19)20-4/h5-7,15,17H,8-12H2,1-4H3. The van der Waals surface area contributed by atoms with Crippen molar-refractivity contribution >= 4 is 0 Å². The van der Waals surface area contributed by atoms with Gasteiger partial charge in [0.25, 0.3) is 0 Å². The second-order valence-corrected chi connectivity index (χ2v) is 6.61. The predicted octanol–water partition coefficient (Wildman–Crippen LogP) is 2.19.